The SMILES string of the molecule is COCCn1c(C(=O)NCCC#N)cc2c1c1ccccc1n2C(C)C. The minimum absolute atomic E-state index is 0.160. The number of methoxy groups -OCH3 is 1. The Labute approximate surface area is 152 Å². The van der Waals surface area contributed by atoms with Crippen molar-refractivity contribution in [2.24, 2.45) is 0 Å². The van der Waals surface area contributed by atoms with Crippen molar-refractivity contribution in [2.75, 3.05) is 20.3 Å². The second kappa shape index (κ2) is 7.63. The van der Waals surface area contributed by atoms with Crippen LogP contribution in [0.4, 0.5) is 0 Å². The van der Waals surface area contributed by atoms with E-state index in [0.29, 0.717) is 31.8 Å². The molecule has 0 aliphatic carbocycles. The molecule has 26 heavy (non-hydrogen) atoms. The Hall–Kier alpha value is -2.78. The van der Waals surface area contributed by atoms with E-state index in [4.69, 9.17) is 10.00 Å². The van der Waals surface area contributed by atoms with Gasteiger partial charge in [-0.1, -0.05) is 18.2 Å². The van der Waals surface area contributed by atoms with E-state index >= 15 is 0 Å². The number of benzene rings is 1. The molecule has 1 N–H and O–H groups in total. The maximum absolute atomic E-state index is 12.7. The average Bonchev–Trinajstić information content (AvgIpc) is 3.14. The molecule has 0 atom stereocenters. The van der Waals surface area contributed by atoms with Crippen LogP contribution in [0.25, 0.3) is 21.9 Å². The predicted molar refractivity (Wildman–Crippen MR) is 102 cm³/mol. The molecule has 2 aromatic heterocycles. The molecule has 0 saturated carbocycles. The summed E-state index contributed by atoms with van der Waals surface area (Å²) in [5, 5.41) is 12.7. The third-order valence-corrected chi connectivity index (χ3v) is 4.55. The Morgan fingerprint density at radius 1 is 1.31 bits per heavy atom. The summed E-state index contributed by atoms with van der Waals surface area (Å²) in [6.45, 7) is 5.74. The van der Waals surface area contributed by atoms with Crippen LogP contribution in [0.2, 0.25) is 0 Å². The molecule has 1 amide bonds. The van der Waals surface area contributed by atoms with E-state index in [1.165, 1.54) is 0 Å². The van der Waals surface area contributed by atoms with Gasteiger partial charge in [-0.05, 0) is 26.0 Å². The normalized spacial score (nSPS) is 11.3. The van der Waals surface area contributed by atoms with Crippen LogP contribution in [0.3, 0.4) is 0 Å². The molecule has 0 bridgehead atoms. The number of hydrogen-bond acceptors (Lipinski definition) is 3. The molecule has 0 aliphatic heterocycles. The molecule has 136 valence electrons. The van der Waals surface area contributed by atoms with Gasteiger partial charge >= 0.3 is 0 Å². The molecule has 0 unspecified atom stereocenters. The van der Waals surface area contributed by atoms with E-state index in [0.717, 1.165) is 21.9 Å². The van der Waals surface area contributed by atoms with E-state index in [2.05, 4.69) is 35.9 Å². The zero-order valence-electron chi connectivity index (χ0n) is 15.5. The standard InChI is InChI=1S/C20H24N4O2/c1-14(2)24-16-8-5-4-7-15(16)19-17(24)13-18(23(19)11-12-26-3)20(25)22-10-6-9-21/h4-5,7-8,13-14H,6,10-12H2,1-3H3,(H,22,25). The third-order valence-electron chi connectivity index (χ3n) is 4.55. The van der Waals surface area contributed by atoms with Crippen molar-refractivity contribution in [2.45, 2.75) is 32.9 Å². The van der Waals surface area contributed by atoms with Crippen molar-refractivity contribution in [3.05, 3.63) is 36.0 Å². The monoisotopic (exact) mass is 352 g/mol. The highest BCUT2D eigenvalue weighted by Gasteiger charge is 2.22. The van der Waals surface area contributed by atoms with Crippen molar-refractivity contribution in [3.63, 3.8) is 0 Å². The number of nitrogens with one attached hydrogen (secondary N) is 1. The molecule has 3 rings (SSSR count). The van der Waals surface area contributed by atoms with Gasteiger partial charge in [-0.3, -0.25) is 4.79 Å². The molecule has 6 heteroatoms. The minimum Gasteiger partial charge on any atom is -0.383 e. The number of para-hydroxylation sites is 1. The smallest absolute Gasteiger partial charge is 0.268 e. The number of amides is 1. The summed E-state index contributed by atoms with van der Waals surface area (Å²) in [5.74, 6) is -0.160. The van der Waals surface area contributed by atoms with Gasteiger partial charge in [0.05, 0.1) is 35.6 Å². The largest absolute Gasteiger partial charge is 0.383 e. The molecular formula is C20H24N4O2. The van der Waals surface area contributed by atoms with Gasteiger partial charge in [0.15, 0.2) is 0 Å². The first-order valence-electron chi connectivity index (χ1n) is 8.86. The highest BCUT2D eigenvalue weighted by molar-refractivity contribution is 6.10. The van der Waals surface area contributed by atoms with Crippen LogP contribution in [0.15, 0.2) is 30.3 Å². The summed E-state index contributed by atoms with van der Waals surface area (Å²) in [4.78, 5) is 12.7. The van der Waals surface area contributed by atoms with Gasteiger partial charge in [-0.15, -0.1) is 0 Å². The molecule has 1 aromatic carbocycles. The summed E-state index contributed by atoms with van der Waals surface area (Å²) in [5.41, 5.74) is 3.86. The second-order valence-electron chi connectivity index (χ2n) is 6.55. The number of nitriles is 1. The van der Waals surface area contributed by atoms with Crippen molar-refractivity contribution in [1.29, 1.82) is 5.26 Å². The van der Waals surface area contributed by atoms with Crippen LogP contribution in [0, 0.1) is 11.3 Å². The fourth-order valence-electron chi connectivity index (χ4n) is 3.50. The topological polar surface area (TPSA) is 72.0 Å². The Balaban J connectivity index is 2.21. The molecule has 0 saturated heterocycles. The van der Waals surface area contributed by atoms with E-state index in [9.17, 15) is 4.79 Å². The van der Waals surface area contributed by atoms with Crippen LogP contribution in [0.5, 0.6) is 0 Å². The van der Waals surface area contributed by atoms with Gasteiger partial charge < -0.3 is 19.2 Å². The average molecular weight is 352 g/mol. The first-order valence-corrected chi connectivity index (χ1v) is 8.86. The minimum atomic E-state index is -0.160. The number of carbonyl (C=O) groups excluding carboxylic acids is 1. The van der Waals surface area contributed by atoms with Crippen molar-refractivity contribution < 1.29 is 9.53 Å². The summed E-state index contributed by atoms with van der Waals surface area (Å²) >= 11 is 0. The molecule has 0 fully saturated rings. The highest BCUT2D eigenvalue weighted by atomic mass is 16.5. The molecule has 0 spiro atoms. The van der Waals surface area contributed by atoms with Crippen LogP contribution in [-0.2, 0) is 11.3 Å². The van der Waals surface area contributed by atoms with Crippen molar-refractivity contribution in [1.82, 2.24) is 14.5 Å². The van der Waals surface area contributed by atoms with Gasteiger partial charge in [-0.2, -0.15) is 5.26 Å². The van der Waals surface area contributed by atoms with E-state index in [1.54, 1.807) is 7.11 Å². The maximum atomic E-state index is 12.7. The molecule has 0 radical (unpaired) electrons. The van der Waals surface area contributed by atoms with Gasteiger partial charge in [0, 0.05) is 31.6 Å². The lowest BCUT2D eigenvalue weighted by molar-refractivity contribution is 0.0943. The number of rotatable bonds is 7. The number of aromatic nitrogens is 2. The quantitative estimate of drug-likeness (QED) is 0.662. The lowest BCUT2D eigenvalue weighted by Gasteiger charge is -2.11. The lowest BCUT2D eigenvalue weighted by Crippen LogP contribution is -2.27. The summed E-state index contributed by atoms with van der Waals surface area (Å²) in [7, 11) is 1.66. The second-order valence-corrected chi connectivity index (χ2v) is 6.55. The Morgan fingerprint density at radius 2 is 2.08 bits per heavy atom. The molecule has 3 aromatic rings. The third kappa shape index (κ3) is 3.06. The predicted octanol–water partition coefficient (Wildman–Crippen LogP) is 3.47. The van der Waals surface area contributed by atoms with E-state index < -0.39 is 0 Å². The van der Waals surface area contributed by atoms with Crippen LogP contribution < -0.4 is 5.32 Å². The van der Waals surface area contributed by atoms with Crippen LogP contribution in [-0.4, -0.2) is 35.3 Å². The summed E-state index contributed by atoms with van der Waals surface area (Å²) < 4.78 is 9.55. The van der Waals surface area contributed by atoms with Gasteiger partial charge in [0.25, 0.3) is 5.91 Å². The van der Waals surface area contributed by atoms with Gasteiger partial charge in [0.1, 0.15) is 5.69 Å². The summed E-state index contributed by atoms with van der Waals surface area (Å²) in [6.07, 6.45) is 0.297. The zero-order valence-corrected chi connectivity index (χ0v) is 15.5. The van der Waals surface area contributed by atoms with Crippen molar-refractivity contribution >= 4 is 27.8 Å². The first kappa shape index (κ1) is 18.0. The van der Waals surface area contributed by atoms with E-state index in [1.807, 2.05) is 28.8 Å². The lowest BCUT2D eigenvalue weighted by atomic mass is 10.2. The number of ether oxygens (including phenoxy) is 1. The summed E-state index contributed by atoms with van der Waals surface area (Å²) in [6, 6.07) is 12.5. The maximum Gasteiger partial charge on any atom is 0.268 e. The van der Waals surface area contributed by atoms with Crippen LogP contribution in [0.1, 0.15) is 36.8 Å². The first-order chi connectivity index (χ1) is 12.6. The zero-order chi connectivity index (χ0) is 18.7. The van der Waals surface area contributed by atoms with Crippen molar-refractivity contribution in [3.8, 4) is 6.07 Å². The Morgan fingerprint density at radius 3 is 2.77 bits per heavy atom. The van der Waals surface area contributed by atoms with E-state index in [-0.39, 0.29) is 11.9 Å². The molecule has 2 heterocycles. The number of carbonyl (C=O) groups is 1. The highest BCUT2D eigenvalue weighted by Crippen LogP contribution is 2.34. The molecule has 0 aliphatic rings. The van der Waals surface area contributed by atoms with Gasteiger partial charge in [0.2, 0.25) is 0 Å². The van der Waals surface area contributed by atoms with Gasteiger partial charge in [-0.25, -0.2) is 0 Å². The molecule has 6 nitrogen and oxygen atoms in total. The Kier molecular flexibility index (Phi) is 5.29. The number of nitrogens with zero attached hydrogens (tertiary/aromatic N) is 3. The fraction of sp³-hybridized carbons (Fsp3) is 0.400. The fourth-order valence-corrected chi connectivity index (χ4v) is 3.50. The Bertz CT molecular complexity index is 975. The van der Waals surface area contributed by atoms with Crippen LogP contribution >= 0.6 is 0 Å². The number of hydrogen-bond donors (Lipinski definition) is 1. The number of fused-ring (bicyclic) bond motifs is 3. The molecular weight excluding hydrogens is 328 g/mol.